The van der Waals surface area contributed by atoms with Gasteiger partial charge >= 0.3 is 0 Å². The Bertz CT molecular complexity index is 489. The van der Waals surface area contributed by atoms with Crippen molar-refractivity contribution < 1.29 is 9.53 Å². The van der Waals surface area contributed by atoms with Crippen LogP contribution >= 0.6 is 24.8 Å². The molecule has 3 N–H and O–H groups in total. The van der Waals surface area contributed by atoms with E-state index < -0.39 is 0 Å². The predicted molar refractivity (Wildman–Crippen MR) is 103 cm³/mol. The fourth-order valence-corrected chi connectivity index (χ4v) is 2.96. The van der Waals surface area contributed by atoms with Crippen LogP contribution in [0.15, 0.2) is 24.3 Å². The highest BCUT2D eigenvalue weighted by Gasteiger charge is 2.24. The molecule has 1 aromatic carbocycles. The highest BCUT2D eigenvalue weighted by Crippen LogP contribution is 2.16. The topological polar surface area (TPSA) is 67.6 Å². The van der Waals surface area contributed by atoms with Gasteiger partial charge in [0.2, 0.25) is 5.91 Å². The zero-order valence-corrected chi connectivity index (χ0v) is 15.8. The number of ether oxygens (including phenoxy) is 1. The molecule has 24 heavy (non-hydrogen) atoms. The van der Waals surface area contributed by atoms with E-state index in [1.165, 1.54) is 6.42 Å². The van der Waals surface area contributed by atoms with Crippen molar-refractivity contribution in [1.29, 1.82) is 0 Å². The molecule has 0 bridgehead atoms. The van der Waals surface area contributed by atoms with Gasteiger partial charge in [0.05, 0.1) is 6.61 Å². The van der Waals surface area contributed by atoms with Crippen LogP contribution in [0.25, 0.3) is 0 Å². The zero-order chi connectivity index (χ0) is 15.8. The monoisotopic (exact) mass is 377 g/mol. The summed E-state index contributed by atoms with van der Waals surface area (Å²) in [5, 5.41) is 3.06. The third-order valence-electron chi connectivity index (χ3n) is 4.29. The maximum atomic E-state index is 12.0. The van der Waals surface area contributed by atoms with E-state index in [0.717, 1.165) is 43.9 Å². The highest BCUT2D eigenvalue weighted by molar-refractivity contribution is 5.85. The molecule has 138 valence electrons. The quantitative estimate of drug-likeness (QED) is 0.681. The Labute approximate surface area is 157 Å². The average Bonchev–Trinajstić information content (AvgIpc) is 2.97. The molecule has 0 aliphatic carbocycles. The number of halogens is 2. The number of nitrogens with two attached hydrogens (primary N) is 1. The van der Waals surface area contributed by atoms with Gasteiger partial charge in [0.15, 0.2) is 0 Å². The number of nitrogen functional groups attached to an aromatic ring is 1. The number of benzene rings is 1. The first kappa shape index (κ1) is 23.0. The van der Waals surface area contributed by atoms with Gasteiger partial charge in [-0.2, -0.15) is 0 Å². The number of aryl methyl sites for hydroxylation is 1. The summed E-state index contributed by atoms with van der Waals surface area (Å²) in [5.41, 5.74) is 7.70. The minimum absolute atomic E-state index is 0. The molecule has 5 nitrogen and oxygen atoms in total. The van der Waals surface area contributed by atoms with E-state index in [4.69, 9.17) is 10.5 Å². The lowest BCUT2D eigenvalue weighted by molar-refractivity contribution is -0.121. The standard InChI is InChI=1S/C17H27N3O2.2ClH/c1-22-12-11-20-10-4-6-15(20)13-19-17(21)9-8-14-5-2-3-7-16(14)18;;/h2-3,5,7,15H,4,6,8-13,18H2,1H3,(H,19,21);2*1H. The molecule has 1 fully saturated rings. The summed E-state index contributed by atoms with van der Waals surface area (Å²) in [5.74, 6) is 0.0989. The number of likely N-dealkylation sites (tertiary alicyclic amines) is 1. The summed E-state index contributed by atoms with van der Waals surface area (Å²) in [4.78, 5) is 14.4. The summed E-state index contributed by atoms with van der Waals surface area (Å²) in [7, 11) is 1.72. The largest absolute Gasteiger partial charge is 0.399 e. The number of para-hydroxylation sites is 1. The molecular weight excluding hydrogens is 349 g/mol. The van der Waals surface area contributed by atoms with Crippen molar-refractivity contribution in [2.45, 2.75) is 31.7 Å². The fourth-order valence-electron chi connectivity index (χ4n) is 2.96. The first-order chi connectivity index (χ1) is 10.7. The molecule has 1 saturated heterocycles. The molecule has 1 aliphatic heterocycles. The summed E-state index contributed by atoms with van der Waals surface area (Å²) in [6.07, 6.45) is 3.52. The average molecular weight is 378 g/mol. The molecule has 1 atom stereocenters. The normalized spacial score (nSPS) is 17.0. The first-order valence-corrected chi connectivity index (χ1v) is 8.03. The summed E-state index contributed by atoms with van der Waals surface area (Å²) in [6, 6.07) is 8.16. The van der Waals surface area contributed by atoms with E-state index in [2.05, 4.69) is 10.2 Å². The molecule has 7 heteroatoms. The van der Waals surface area contributed by atoms with Crippen LogP contribution in [-0.4, -0.2) is 50.2 Å². The number of carbonyl (C=O) groups is 1. The van der Waals surface area contributed by atoms with Crippen LogP contribution in [0.2, 0.25) is 0 Å². The molecular formula is C17H29Cl2N3O2. The number of anilines is 1. The molecule has 0 aromatic heterocycles. The predicted octanol–water partition coefficient (Wildman–Crippen LogP) is 2.27. The molecule has 2 rings (SSSR count). The van der Waals surface area contributed by atoms with Gasteiger partial charge in [-0.3, -0.25) is 9.69 Å². The van der Waals surface area contributed by atoms with Crippen molar-refractivity contribution in [3.63, 3.8) is 0 Å². The minimum atomic E-state index is 0. The van der Waals surface area contributed by atoms with Crippen molar-refractivity contribution in [3.8, 4) is 0 Å². The number of amides is 1. The molecule has 1 aliphatic rings. The Kier molecular flexibility index (Phi) is 11.8. The number of nitrogens with zero attached hydrogens (tertiary/aromatic N) is 1. The maximum absolute atomic E-state index is 12.0. The van der Waals surface area contributed by atoms with Crippen molar-refractivity contribution in [3.05, 3.63) is 29.8 Å². The van der Waals surface area contributed by atoms with Crippen LogP contribution in [0.3, 0.4) is 0 Å². The van der Waals surface area contributed by atoms with Gasteiger partial charge in [-0.05, 0) is 37.4 Å². The Balaban J connectivity index is 0.00000264. The van der Waals surface area contributed by atoms with E-state index in [9.17, 15) is 4.79 Å². The van der Waals surface area contributed by atoms with Gasteiger partial charge in [-0.15, -0.1) is 24.8 Å². The molecule has 1 unspecified atom stereocenters. The van der Waals surface area contributed by atoms with Crippen LogP contribution in [0.4, 0.5) is 5.69 Å². The maximum Gasteiger partial charge on any atom is 0.220 e. The number of methoxy groups -OCH3 is 1. The van der Waals surface area contributed by atoms with E-state index in [1.54, 1.807) is 7.11 Å². The lowest BCUT2D eigenvalue weighted by Gasteiger charge is -2.24. The van der Waals surface area contributed by atoms with E-state index in [-0.39, 0.29) is 30.7 Å². The van der Waals surface area contributed by atoms with Crippen LogP contribution in [0, 0.1) is 0 Å². The third kappa shape index (κ3) is 7.26. The smallest absolute Gasteiger partial charge is 0.220 e. The third-order valence-corrected chi connectivity index (χ3v) is 4.29. The minimum Gasteiger partial charge on any atom is -0.399 e. The Morgan fingerprint density at radius 3 is 2.83 bits per heavy atom. The van der Waals surface area contributed by atoms with Crippen molar-refractivity contribution in [2.24, 2.45) is 0 Å². The number of hydrogen-bond acceptors (Lipinski definition) is 4. The fraction of sp³-hybridized carbons (Fsp3) is 0.588. The van der Waals surface area contributed by atoms with Crippen LogP contribution in [0.5, 0.6) is 0 Å². The van der Waals surface area contributed by atoms with Gasteiger partial charge < -0.3 is 15.8 Å². The molecule has 0 radical (unpaired) electrons. The van der Waals surface area contributed by atoms with E-state index in [0.29, 0.717) is 18.9 Å². The second kappa shape index (κ2) is 12.4. The van der Waals surface area contributed by atoms with Gasteiger partial charge in [0, 0.05) is 38.3 Å². The number of hydrogen-bond donors (Lipinski definition) is 2. The zero-order valence-electron chi connectivity index (χ0n) is 14.2. The lowest BCUT2D eigenvalue weighted by atomic mass is 10.1. The molecule has 1 heterocycles. The summed E-state index contributed by atoms with van der Waals surface area (Å²) >= 11 is 0. The summed E-state index contributed by atoms with van der Waals surface area (Å²) in [6.45, 7) is 3.52. The van der Waals surface area contributed by atoms with Crippen molar-refractivity contribution in [2.75, 3.05) is 39.1 Å². The number of carbonyl (C=O) groups excluding carboxylic acids is 1. The van der Waals surface area contributed by atoms with Crippen LogP contribution < -0.4 is 11.1 Å². The summed E-state index contributed by atoms with van der Waals surface area (Å²) < 4.78 is 5.14. The second-order valence-electron chi connectivity index (χ2n) is 5.83. The molecule has 1 amide bonds. The van der Waals surface area contributed by atoms with Gasteiger partial charge in [0.25, 0.3) is 0 Å². The Morgan fingerprint density at radius 2 is 2.12 bits per heavy atom. The second-order valence-corrected chi connectivity index (χ2v) is 5.83. The first-order valence-electron chi connectivity index (χ1n) is 8.03. The van der Waals surface area contributed by atoms with E-state index >= 15 is 0 Å². The Hall–Kier alpha value is -1.01. The van der Waals surface area contributed by atoms with Crippen molar-refractivity contribution in [1.82, 2.24) is 10.2 Å². The number of rotatable bonds is 8. The SMILES string of the molecule is COCCN1CCCC1CNC(=O)CCc1ccccc1N.Cl.Cl. The van der Waals surface area contributed by atoms with Crippen LogP contribution in [-0.2, 0) is 16.0 Å². The Morgan fingerprint density at radius 1 is 1.38 bits per heavy atom. The number of nitrogens with one attached hydrogen (secondary N) is 1. The molecule has 0 spiro atoms. The van der Waals surface area contributed by atoms with Gasteiger partial charge in [-0.25, -0.2) is 0 Å². The molecule has 0 saturated carbocycles. The van der Waals surface area contributed by atoms with Gasteiger partial charge in [0.1, 0.15) is 0 Å². The lowest BCUT2D eigenvalue weighted by Crippen LogP contribution is -2.41. The van der Waals surface area contributed by atoms with Crippen LogP contribution in [0.1, 0.15) is 24.8 Å². The highest BCUT2D eigenvalue weighted by atomic mass is 35.5. The van der Waals surface area contributed by atoms with Gasteiger partial charge in [-0.1, -0.05) is 18.2 Å². The molecule has 1 aromatic rings. The van der Waals surface area contributed by atoms with Crippen molar-refractivity contribution >= 4 is 36.4 Å². The van der Waals surface area contributed by atoms with E-state index in [1.807, 2.05) is 24.3 Å².